The van der Waals surface area contributed by atoms with E-state index < -0.39 is 5.91 Å². The topological polar surface area (TPSA) is 115 Å². The van der Waals surface area contributed by atoms with Crippen LogP contribution in [0.1, 0.15) is 34.4 Å². The maximum Gasteiger partial charge on any atom is 0.266 e. The molecule has 1 aliphatic rings. The lowest BCUT2D eigenvalue weighted by Gasteiger charge is -2.10. The number of ether oxygens (including phenoxy) is 1. The van der Waals surface area contributed by atoms with Gasteiger partial charge in [-0.1, -0.05) is 36.4 Å². The minimum atomic E-state index is -0.598. The highest BCUT2D eigenvalue weighted by atomic mass is 32.1. The number of amides is 2. The average Bonchev–Trinajstić information content (AvgIpc) is 3.23. The van der Waals surface area contributed by atoms with Gasteiger partial charge in [-0.05, 0) is 55.5 Å². The summed E-state index contributed by atoms with van der Waals surface area (Å²) in [6.45, 7) is -0.236. The molecule has 0 saturated carbocycles. The molecule has 0 atom stereocenters. The van der Waals surface area contributed by atoms with Gasteiger partial charge >= 0.3 is 0 Å². The van der Waals surface area contributed by atoms with E-state index in [9.17, 15) is 20.1 Å². The van der Waals surface area contributed by atoms with Gasteiger partial charge in [-0.15, -0.1) is 11.3 Å². The summed E-state index contributed by atoms with van der Waals surface area (Å²) in [7, 11) is 0. The van der Waals surface area contributed by atoms with Crippen molar-refractivity contribution in [1.29, 1.82) is 10.5 Å². The fraction of sp³-hybridized carbons (Fsp3) is 0.185. The van der Waals surface area contributed by atoms with Gasteiger partial charge in [-0.25, -0.2) is 0 Å². The molecule has 0 spiro atoms. The summed E-state index contributed by atoms with van der Waals surface area (Å²) in [4.78, 5) is 26.3. The number of aryl methyl sites for hydroxylation is 1. The summed E-state index contributed by atoms with van der Waals surface area (Å²) in [6, 6.07) is 20.0. The predicted octanol–water partition coefficient (Wildman–Crippen LogP) is 5.06. The van der Waals surface area contributed by atoms with Crippen LogP contribution in [0.4, 0.5) is 10.7 Å². The second kappa shape index (κ2) is 11.1. The maximum atomic E-state index is 12.9. The summed E-state index contributed by atoms with van der Waals surface area (Å²) in [5.41, 5.74) is 2.50. The molecule has 1 heterocycles. The van der Waals surface area contributed by atoms with Gasteiger partial charge in [-0.3, -0.25) is 9.59 Å². The first kappa shape index (κ1) is 23.7. The number of hydrogen-bond acceptors (Lipinski definition) is 6. The molecule has 2 amide bonds. The molecule has 1 aromatic heterocycles. The molecule has 2 aromatic carbocycles. The fourth-order valence-corrected chi connectivity index (χ4v) is 5.07. The van der Waals surface area contributed by atoms with Crippen molar-refractivity contribution in [1.82, 2.24) is 0 Å². The second-order valence-corrected chi connectivity index (χ2v) is 9.00. The van der Waals surface area contributed by atoms with E-state index in [0.717, 1.165) is 36.1 Å². The van der Waals surface area contributed by atoms with Crippen molar-refractivity contribution in [2.45, 2.75) is 25.7 Å². The molecule has 0 unspecified atom stereocenters. The number of anilines is 2. The molecular weight excluding hydrogens is 460 g/mol. The number of nitrogens with one attached hydrogen (secondary N) is 2. The number of para-hydroxylation sites is 2. The molecule has 0 bridgehead atoms. The van der Waals surface area contributed by atoms with E-state index in [0.29, 0.717) is 27.6 Å². The summed E-state index contributed by atoms with van der Waals surface area (Å²) < 4.78 is 5.67. The van der Waals surface area contributed by atoms with Crippen molar-refractivity contribution in [3.05, 3.63) is 81.7 Å². The van der Waals surface area contributed by atoms with Gasteiger partial charge in [0, 0.05) is 16.1 Å². The lowest BCUT2D eigenvalue weighted by Crippen LogP contribution is -2.20. The van der Waals surface area contributed by atoms with Gasteiger partial charge < -0.3 is 15.4 Å². The van der Waals surface area contributed by atoms with Crippen molar-refractivity contribution in [2.75, 3.05) is 17.2 Å². The predicted molar refractivity (Wildman–Crippen MR) is 135 cm³/mol. The highest BCUT2D eigenvalue weighted by Crippen LogP contribution is 2.37. The van der Waals surface area contributed by atoms with E-state index in [1.807, 2.05) is 24.3 Å². The number of carbonyl (C=O) groups excluding carboxylic acids is 2. The first-order valence-corrected chi connectivity index (χ1v) is 11.9. The highest BCUT2D eigenvalue weighted by Gasteiger charge is 2.23. The van der Waals surface area contributed by atoms with Crippen molar-refractivity contribution < 1.29 is 14.3 Å². The normalized spacial score (nSPS) is 12.6. The Morgan fingerprint density at radius 1 is 1.00 bits per heavy atom. The number of rotatable bonds is 7. The Labute approximate surface area is 207 Å². The van der Waals surface area contributed by atoms with E-state index in [-0.39, 0.29) is 18.1 Å². The summed E-state index contributed by atoms with van der Waals surface area (Å²) in [5.74, 6) is -0.571. The second-order valence-electron chi connectivity index (χ2n) is 7.89. The fourth-order valence-electron chi connectivity index (χ4n) is 3.84. The van der Waals surface area contributed by atoms with Gasteiger partial charge in [0.25, 0.3) is 11.8 Å². The zero-order valence-corrected chi connectivity index (χ0v) is 19.7. The largest absolute Gasteiger partial charge is 0.483 e. The Bertz CT molecular complexity index is 1360. The van der Waals surface area contributed by atoms with Crippen LogP contribution < -0.4 is 15.4 Å². The minimum absolute atomic E-state index is 0.134. The third-order valence-electron chi connectivity index (χ3n) is 5.51. The average molecular weight is 483 g/mol. The third kappa shape index (κ3) is 5.75. The quantitative estimate of drug-likeness (QED) is 0.361. The van der Waals surface area contributed by atoms with Crippen molar-refractivity contribution in [3.8, 4) is 17.9 Å². The molecule has 0 radical (unpaired) electrons. The zero-order valence-electron chi connectivity index (χ0n) is 18.8. The standard InChI is InChI=1S/C27H22N4O3S/c28-15-19(26(33)31-27-22(16-29)21-11-5-7-13-24(21)35-27)14-18-8-4-6-12-23(18)34-17-25(32)30-20-9-2-1-3-10-20/h1-4,6,8-10,12,14H,5,7,11,13,17H2,(H,30,32)(H,31,33). The number of hydrogen-bond donors (Lipinski definition) is 2. The SMILES string of the molecule is N#CC(=Cc1ccccc1OCC(=O)Nc1ccccc1)C(=O)Nc1sc2c(c1C#N)CCCC2. The Morgan fingerprint density at radius 2 is 1.74 bits per heavy atom. The molecule has 0 aliphatic heterocycles. The number of thiophene rings is 1. The molecule has 2 N–H and O–H groups in total. The number of nitrogens with zero attached hydrogens (tertiary/aromatic N) is 2. The van der Waals surface area contributed by atoms with Crippen LogP contribution in [0.3, 0.4) is 0 Å². The molecule has 174 valence electrons. The van der Waals surface area contributed by atoms with Crippen LogP contribution in [0.25, 0.3) is 6.08 Å². The first-order chi connectivity index (χ1) is 17.1. The van der Waals surface area contributed by atoms with Crippen LogP contribution in [-0.2, 0) is 22.4 Å². The molecule has 1 aliphatic carbocycles. The summed E-state index contributed by atoms with van der Waals surface area (Å²) in [5, 5.41) is 25.2. The van der Waals surface area contributed by atoms with Gasteiger partial charge in [0.2, 0.25) is 0 Å². The van der Waals surface area contributed by atoms with Crippen molar-refractivity contribution in [2.24, 2.45) is 0 Å². The lowest BCUT2D eigenvalue weighted by atomic mass is 9.96. The molecule has 3 aromatic rings. The van der Waals surface area contributed by atoms with Gasteiger partial charge in [0.15, 0.2) is 6.61 Å². The van der Waals surface area contributed by atoms with Crippen molar-refractivity contribution in [3.63, 3.8) is 0 Å². The van der Waals surface area contributed by atoms with Crippen LogP contribution in [0.15, 0.2) is 60.2 Å². The Morgan fingerprint density at radius 3 is 2.51 bits per heavy atom. The van der Waals surface area contributed by atoms with E-state index in [4.69, 9.17) is 4.74 Å². The first-order valence-electron chi connectivity index (χ1n) is 11.1. The molecule has 0 saturated heterocycles. The molecule has 0 fully saturated rings. The number of benzene rings is 2. The van der Waals surface area contributed by atoms with Crippen LogP contribution in [-0.4, -0.2) is 18.4 Å². The molecule has 7 nitrogen and oxygen atoms in total. The van der Waals surface area contributed by atoms with Gasteiger partial charge in [0.1, 0.15) is 28.5 Å². The Balaban J connectivity index is 1.48. The van der Waals surface area contributed by atoms with E-state index in [1.165, 1.54) is 17.4 Å². The van der Waals surface area contributed by atoms with Gasteiger partial charge in [0.05, 0.1) is 5.56 Å². The summed E-state index contributed by atoms with van der Waals surface area (Å²) >= 11 is 1.40. The lowest BCUT2D eigenvalue weighted by molar-refractivity contribution is -0.118. The summed E-state index contributed by atoms with van der Waals surface area (Å²) in [6.07, 6.45) is 5.23. The third-order valence-corrected chi connectivity index (χ3v) is 6.72. The highest BCUT2D eigenvalue weighted by molar-refractivity contribution is 7.16. The van der Waals surface area contributed by atoms with E-state index in [1.54, 1.807) is 36.4 Å². The number of carbonyl (C=O) groups is 2. The maximum absolute atomic E-state index is 12.9. The monoisotopic (exact) mass is 482 g/mol. The van der Waals surface area contributed by atoms with Crippen molar-refractivity contribution >= 4 is 39.9 Å². The Hall–Kier alpha value is -4.40. The molecule has 35 heavy (non-hydrogen) atoms. The van der Waals surface area contributed by atoms with Gasteiger partial charge in [-0.2, -0.15) is 10.5 Å². The van der Waals surface area contributed by atoms with Crippen LogP contribution in [0.2, 0.25) is 0 Å². The van der Waals surface area contributed by atoms with Crippen LogP contribution in [0, 0.1) is 22.7 Å². The number of fused-ring (bicyclic) bond motifs is 1. The number of nitriles is 2. The minimum Gasteiger partial charge on any atom is -0.483 e. The van der Waals surface area contributed by atoms with Crippen LogP contribution in [0.5, 0.6) is 5.75 Å². The molecule has 8 heteroatoms. The zero-order chi connectivity index (χ0) is 24.6. The van der Waals surface area contributed by atoms with E-state index >= 15 is 0 Å². The van der Waals surface area contributed by atoms with E-state index in [2.05, 4.69) is 16.7 Å². The smallest absolute Gasteiger partial charge is 0.266 e. The Kier molecular flexibility index (Phi) is 7.57. The van der Waals surface area contributed by atoms with Crippen LogP contribution >= 0.6 is 11.3 Å². The molecular formula is C27H22N4O3S. The molecule has 4 rings (SSSR count).